The number of hydrogen-bond donors (Lipinski definition) is 3. The molecule has 4 rings (SSSR count). The molecular formula is C22H25ClN4O3. The fraction of sp³-hybridized carbons (Fsp3) is 0.364. The highest BCUT2D eigenvalue weighted by atomic mass is 35.5. The molecule has 3 N–H and O–H groups in total. The van der Waals surface area contributed by atoms with E-state index >= 15 is 0 Å². The largest absolute Gasteiger partial charge is 0.384 e. The fourth-order valence-corrected chi connectivity index (χ4v) is 3.98. The molecular weight excluding hydrogens is 404 g/mol. The number of halogens is 1. The van der Waals surface area contributed by atoms with Crippen molar-refractivity contribution in [2.24, 2.45) is 5.92 Å². The van der Waals surface area contributed by atoms with Gasteiger partial charge in [0.15, 0.2) is 0 Å². The van der Waals surface area contributed by atoms with E-state index < -0.39 is 0 Å². The Hall–Kier alpha value is -2.61. The number of benzene rings is 2. The second-order valence-corrected chi connectivity index (χ2v) is 7.79. The van der Waals surface area contributed by atoms with Crippen molar-refractivity contribution in [2.75, 3.05) is 36.6 Å². The highest BCUT2D eigenvalue weighted by Crippen LogP contribution is 2.40. The van der Waals surface area contributed by atoms with E-state index in [1.54, 1.807) is 23.2 Å². The van der Waals surface area contributed by atoms with E-state index in [9.17, 15) is 9.59 Å². The molecule has 2 unspecified atom stereocenters. The van der Waals surface area contributed by atoms with Crippen molar-refractivity contribution >= 4 is 34.8 Å². The third-order valence-electron chi connectivity index (χ3n) is 5.41. The highest BCUT2D eigenvalue weighted by molar-refractivity contribution is 6.30. The molecule has 30 heavy (non-hydrogen) atoms. The van der Waals surface area contributed by atoms with Crippen LogP contribution in [0, 0.1) is 5.92 Å². The number of hydrogen-bond acceptors (Lipinski definition) is 5. The van der Waals surface area contributed by atoms with Crippen molar-refractivity contribution in [2.45, 2.75) is 19.4 Å². The zero-order chi connectivity index (χ0) is 21.1. The zero-order valence-electron chi connectivity index (χ0n) is 16.8. The van der Waals surface area contributed by atoms with Crippen molar-refractivity contribution in [3.63, 3.8) is 0 Å². The minimum Gasteiger partial charge on any atom is -0.384 e. The van der Waals surface area contributed by atoms with Crippen molar-refractivity contribution < 1.29 is 14.3 Å². The van der Waals surface area contributed by atoms with Gasteiger partial charge in [-0.25, -0.2) is 10.4 Å². The molecule has 0 spiro atoms. The summed E-state index contributed by atoms with van der Waals surface area (Å²) in [6.07, 6.45) is 0.767. The number of fused-ring (bicyclic) bond motifs is 3. The summed E-state index contributed by atoms with van der Waals surface area (Å²) in [5.74, 6) is -0.390. The van der Waals surface area contributed by atoms with Crippen molar-refractivity contribution in [1.82, 2.24) is 10.7 Å². The lowest BCUT2D eigenvalue weighted by Crippen LogP contribution is -2.35. The second kappa shape index (κ2) is 9.04. The quantitative estimate of drug-likeness (QED) is 0.590. The monoisotopic (exact) mass is 428 g/mol. The summed E-state index contributed by atoms with van der Waals surface area (Å²) < 4.78 is 5.29. The summed E-state index contributed by atoms with van der Waals surface area (Å²) in [7, 11) is 0. The minimum atomic E-state index is -0.252. The molecule has 2 aliphatic rings. The molecule has 8 heteroatoms. The van der Waals surface area contributed by atoms with Gasteiger partial charge in [0.05, 0.1) is 17.6 Å². The van der Waals surface area contributed by atoms with Gasteiger partial charge in [0.25, 0.3) is 5.91 Å². The summed E-state index contributed by atoms with van der Waals surface area (Å²) in [6.45, 7) is 4.34. The Kier molecular flexibility index (Phi) is 6.22. The Morgan fingerprint density at radius 3 is 2.83 bits per heavy atom. The Labute approximate surface area is 180 Å². The molecule has 2 atom stereocenters. The Bertz CT molecular complexity index is 934. The molecule has 0 bridgehead atoms. The molecule has 2 aliphatic heterocycles. The number of nitrogens with zero attached hydrogens (tertiary/aromatic N) is 1. The lowest BCUT2D eigenvalue weighted by atomic mass is 9.88. The van der Waals surface area contributed by atoms with Gasteiger partial charge < -0.3 is 15.4 Å². The van der Waals surface area contributed by atoms with Crippen molar-refractivity contribution in [3.05, 3.63) is 58.6 Å². The molecule has 2 heterocycles. The van der Waals surface area contributed by atoms with Gasteiger partial charge in [0.1, 0.15) is 0 Å². The maximum Gasteiger partial charge on any atom is 0.251 e. The van der Waals surface area contributed by atoms with Crippen LogP contribution in [0.5, 0.6) is 0 Å². The van der Waals surface area contributed by atoms with Gasteiger partial charge >= 0.3 is 0 Å². The Morgan fingerprint density at radius 1 is 1.27 bits per heavy atom. The van der Waals surface area contributed by atoms with Crippen LogP contribution in [0.3, 0.4) is 0 Å². The smallest absolute Gasteiger partial charge is 0.251 e. The van der Waals surface area contributed by atoms with Gasteiger partial charge in [-0.15, -0.1) is 0 Å². The molecule has 7 nitrogen and oxygen atoms in total. The number of carbonyl (C=O) groups excluding carboxylic acids is 2. The van der Waals surface area contributed by atoms with E-state index in [2.05, 4.69) is 16.1 Å². The summed E-state index contributed by atoms with van der Waals surface area (Å²) >= 11 is 5.97. The van der Waals surface area contributed by atoms with Gasteiger partial charge in [-0.3, -0.25) is 9.59 Å². The number of anilines is 2. The number of carbonyl (C=O) groups is 2. The molecule has 158 valence electrons. The van der Waals surface area contributed by atoms with Crippen LogP contribution in [-0.2, 0) is 9.53 Å². The van der Waals surface area contributed by atoms with E-state index in [1.807, 2.05) is 31.2 Å². The fourth-order valence-electron chi connectivity index (χ4n) is 3.85. The number of nitrogens with one attached hydrogen (secondary N) is 3. The first-order chi connectivity index (χ1) is 14.6. The third-order valence-corrected chi connectivity index (χ3v) is 5.66. The lowest BCUT2D eigenvalue weighted by molar-refractivity contribution is -0.120. The van der Waals surface area contributed by atoms with Crippen LogP contribution >= 0.6 is 11.6 Å². The molecule has 0 saturated carbocycles. The Balaban J connectivity index is 1.50. The zero-order valence-corrected chi connectivity index (χ0v) is 17.5. The van der Waals surface area contributed by atoms with E-state index in [1.165, 1.54) is 0 Å². The van der Waals surface area contributed by atoms with Gasteiger partial charge in [-0.2, -0.15) is 0 Å². The highest BCUT2D eigenvalue weighted by Gasteiger charge is 2.44. The van der Waals surface area contributed by atoms with E-state index in [-0.39, 0.29) is 23.8 Å². The van der Waals surface area contributed by atoms with Crippen LogP contribution in [0.2, 0.25) is 5.02 Å². The topological polar surface area (TPSA) is 82.7 Å². The maximum absolute atomic E-state index is 13.0. The SMILES string of the molecule is CCOCCCNC(=O)c1ccc2c(c1)C1NN(c3ccc(Cl)cc3)C(=O)C1CN2. The van der Waals surface area contributed by atoms with Gasteiger partial charge in [-0.1, -0.05) is 11.6 Å². The predicted octanol–water partition coefficient (Wildman–Crippen LogP) is 3.13. The van der Waals surface area contributed by atoms with Gasteiger partial charge in [-0.05, 0) is 61.4 Å². The third kappa shape index (κ3) is 4.14. The number of rotatable bonds is 7. The molecule has 0 aliphatic carbocycles. The van der Waals surface area contributed by atoms with Crippen LogP contribution in [0.1, 0.15) is 35.3 Å². The number of amides is 2. The molecule has 1 saturated heterocycles. The van der Waals surface area contributed by atoms with Crippen molar-refractivity contribution in [1.29, 1.82) is 0 Å². The molecule has 1 fully saturated rings. The standard InChI is InChI=1S/C22H25ClN4O3/c1-2-30-11-3-10-24-21(28)14-4-9-19-17(12-14)20-18(13-25-19)22(29)27(26-20)16-7-5-15(23)6-8-16/h4-9,12,18,20,25-26H,2-3,10-11,13H2,1H3,(H,24,28). The predicted molar refractivity (Wildman–Crippen MR) is 117 cm³/mol. The first kappa shape index (κ1) is 20.7. The molecule has 2 aromatic rings. The van der Waals surface area contributed by atoms with Crippen molar-refractivity contribution in [3.8, 4) is 0 Å². The summed E-state index contributed by atoms with van der Waals surface area (Å²) in [5, 5.41) is 8.43. The first-order valence-electron chi connectivity index (χ1n) is 10.2. The first-order valence-corrected chi connectivity index (χ1v) is 10.6. The molecule has 2 aromatic carbocycles. The summed E-state index contributed by atoms with van der Waals surface area (Å²) in [5.41, 5.74) is 6.48. The molecule has 0 radical (unpaired) electrons. The number of ether oxygens (including phenoxy) is 1. The van der Waals surface area contributed by atoms with E-state index in [0.29, 0.717) is 36.9 Å². The summed E-state index contributed by atoms with van der Waals surface area (Å²) in [6, 6.07) is 12.5. The molecule has 0 aromatic heterocycles. The number of hydrazine groups is 1. The van der Waals surface area contributed by atoms with Crippen LogP contribution in [-0.4, -0.2) is 38.1 Å². The van der Waals surface area contributed by atoms with Crippen LogP contribution < -0.4 is 21.1 Å². The Morgan fingerprint density at radius 2 is 2.07 bits per heavy atom. The van der Waals surface area contributed by atoms with Crippen LogP contribution in [0.25, 0.3) is 0 Å². The van der Waals surface area contributed by atoms with Gasteiger partial charge in [0, 0.05) is 42.6 Å². The van der Waals surface area contributed by atoms with Crippen LogP contribution in [0.15, 0.2) is 42.5 Å². The lowest BCUT2D eigenvalue weighted by Gasteiger charge is -2.27. The maximum atomic E-state index is 13.0. The van der Waals surface area contributed by atoms with E-state index in [4.69, 9.17) is 16.3 Å². The van der Waals surface area contributed by atoms with Crippen LogP contribution in [0.4, 0.5) is 11.4 Å². The molecule has 2 amide bonds. The minimum absolute atomic E-state index is 0.00810. The van der Waals surface area contributed by atoms with Gasteiger partial charge in [0.2, 0.25) is 5.91 Å². The average Bonchev–Trinajstić information content (AvgIpc) is 3.10. The normalized spacial score (nSPS) is 19.8. The average molecular weight is 429 g/mol. The van der Waals surface area contributed by atoms with E-state index in [0.717, 1.165) is 23.4 Å². The summed E-state index contributed by atoms with van der Waals surface area (Å²) in [4.78, 5) is 25.5. The second-order valence-electron chi connectivity index (χ2n) is 7.35.